The zero-order chi connectivity index (χ0) is 15.7. The second-order valence-electron chi connectivity index (χ2n) is 6.28. The molecule has 2 fully saturated rings. The quantitative estimate of drug-likeness (QED) is 0.821. The van der Waals surface area contributed by atoms with Gasteiger partial charge in [0.1, 0.15) is 5.69 Å². The molecular weight excluding hydrogens is 304 g/mol. The Labute approximate surface area is 130 Å². The number of nitrogens with zero attached hydrogens (tertiary/aromatic N) is 2. The average molecular weight is 326 g/mol. The maximum Gasteiger partial charge on any atom is 0.271 e. The minimum Gasteiger partial charge on any atom is -0.348 e. The average Bonchev–Trinajstić information content (AvgIpc) is 3.05. The molecule has 2 N–H and O–H groups in total. The normalized spacial score (nSPS) is 26.1. The first-order valence-electron chi connectivity index (χ1n) is 7.70. The molecule has 0 bridgehead atoms. The van der Waals surface area contributed by atoms with Crippen molar-refractivity contribution in [3.63, 3.8) is 0 Å². The number of sulfone groups is 1. The van der Waals surface area contributed by atoms with Crippen molar-refractivity contribution < 1.29 is 13.2 Å². The maximum absolute atomic E-state index is 12.1. The van der Waals surface area contributed by atoms with E-state index in [1.807, 2.05) is 6.92 Å². The van der Waals surface area contributed by atoms with Gasteiger partial charge in [-0.3, -0.25) is 14.8 Å². The van der Waals surface area contributed by atoms with Crippen LogP contribution in [0.5, 0.6) is 0 Å². The van der Waals surface area contributed by atoms with E-state index >= 15 is 0 Å². The van der Waals surface area contributed by atoms with Crippen LogP contribution in [0.1, 0.15) is 35.4 Å². The zero-order valence-electron chi connectivity index (χ0n) is 12.7. The van der Waals surface area contributed by atoms with Crippen LogP contribution in [0.15, 0.2) is 6.07 Å². The Bertz CT molecular complexity index is 647. The molecule has 3 rings (SSSR count). The van der Waals surface area contributed by atoms with Crippen LogP contribution in [0.3, 0.4) is 0 Å². The van der Waals surface area contributed by atoms with E-state index in [0.717, 1.165) is 38.0 Å². The lowest BCUT2D eigenvalue weighted by molar-refractivity contribution is 0.0893. The lowest BCUT2D eigenvalue weighted by atomic mass is 10.0. The molecule has 8 heteroatoms. The summed E-state index contributed by atoms with van der Waals surface area (Å²) in [6.07, 6.45) is 2.45. The number of piperidine rings is 1. The van der Waals surface area contributed by atoms with Gasteiger partial charge in [-0.25, -0.2) is 8.42 Å². The number of carbonyl (C=O) groups is 1. The highest BCUT2D eigenvalue weighted by atomic mass is 32.2. The topological polar surface area (TPSA) is 95.2 Å². The number of carbonyl (C=O) groups excluding carboxylic acids is 1. The van der Waals surface area contributed by atoms with Crippen molar-refractivity contribution in [3.05, 3.63) is 17.5 Å². The van der Waals surface area contributed by atoms with E-state index < -0.39 is 9.84 Å². The molecule has 1 atom stereocenters. The summed E-state index contributed by atoms with van der Waals surface area (Å²) in [5.74, 6) is 0.454. The van der Waals surface area contributed by atoms with Crippen molar-refractivity contribution >= 4 is 15.7 Å². The molecule has 1 aromatic heterocycles. The maximum atomic E-state index is 12.1. The fourth-order valence-electron chi connectivity index (χ4n) is 3.27. The first-order valence-corrected chi connectivity index (χ1v) is 9.52. The van der Waals surface area contributed by atoms with E-state index in [9.17, 15) is 13.2 Å². The Hall–Kier alpha value is -1.41. The minimum absolute atomic E-state index is 0.138. The van der Waals surface area contributed by atoms with E-state index in [2.05, 4.69) is 20.4 Å². The van der Waals surface area contributed by atoms with Crippen LogP contribution in [0, 0.1) is 6.92 Å². The number of H-pyrrole nitrogens is 1. The highest BCUT2D eigenvalue weighted by Gasteiger charge is 2.34. The van der Waals surface area contributed by atoms with Gasteiger partial charge < -0.3 is 5.32 Å². The van der Waals surface area contributed by atoms with E-state index in [4.69, 9.17) is 0 Å². The molecule has 22 heavy (non-hydrogen) atoms. The van der Waals surface area contributed by atoms with E-state index in [1.165, 1.54) is 0 Å². The van der Waals surface area contributed by atoms with Crippen LogP contribution in [0.25, 0.3) is 0 Å². The predicted octanol–water partition coefficient (Wildman–Crippen LogP) is 0.0994. The molecule has 3 heterocycles. The first kappa shape index (κ1) is 15.5. The van der Waals surface area contributed by atoms with E-state index in [0.29, 0.717) is 11.4 Å². The van der Waals surface area contributed by atoms with Crippen molar-refractivity contribution in [2.45, 2.75) is 38.3 Å². The molecule has 2 aliphatic heterocycles. The number of nitrogens with one attached hydrogen (secondary N) is 2. The summed E-state index contributed by atoms with van der Waals surface area (Å²) in [4.78, 5) is 14.3. The van der Waals surface area contributed by atoms with Crippen molar-refractivity contribution in [1.82, 2.24) is 20.4 Å². The van der Waals surface area contributed by atoms with Gasteiger partial charge in [0.25, 0.3) is 5.91 Å². The van der Waals surface area contributed by atoms with Crippen molar-refractivity contribution in [2.24, 2.45) is 0 Å². The van der Waals surface area contributed by atoms with Gasteiger partial charge in [0.05, 0.1) is 11.5 Å². The van der Waals surface area contributed by atoms with E-state index in [1.54, 1.807) is 6.07 Å². The second-order valence-corrected chi connectivity index (χ2v) is 8.51. The third-order valence-corrected chi connectivity index (χ3v) is 6.28. The van der Waals surface area contributed by atoms with Gasteiger partial charge in [-0.2, -0.15) is 5.10 Å². The number of rotatable bonds is 3. The lowest BCUT2D eigenvalue weighted by Gasteiger charge is -2.35. The summed E-state index contributed by atoms with van der Waals surface area (Å²) in [5.41, 5.74) is 1.28. The zero-order valence-corrected chi connectivity index (χ0v) is 13.5. The minimum atomic E-state index is -2.83. The van der Waals surface area contributed by atoms with Crippen molar-refractivity contribution in [2.75, 3.05) is 24.6 Å². The summed E-state index contributed by atoms with van der Waals surface area (Å²) in [5, 5.41) is 9.73. The SMILES string of the molecule is Cc1cc(C(=O)NC2CCN(C3CCS(=O)(=O)C3)CC2)n[nH]1. The molecule has 1 aromatic rings. The second kappa shape index (κ2) is 6.00. The monoisotopic (exact) mass is 326 g/mol. The number of amides is 1. The number of aromatic nitrogens is 2. The lowest BCUT2D eigenvalue weighted by Crippen LogP contribution is -2.48. The standard InChI is InChI=1S/C14H22N4O3S/c1-10-8-13(17-16-10)14(19)15-11-2-5-18(6-3-11)12-4-7-22(20,21)9-12/h8,11-12H,2-7,9H2,1H3,(H,15,19)(H,16,17). The Morgan fingerprint density at radius 3 is 2.64 bits per heavy atom. The van der Waals surface area contributed by atoms with Crippen LogP contribution in [0.4, 0.5) is 0 Å². The summed E-state index contributed by atoms with van der Waals surface area (Å²) in [6, 6.07) is 2.03. The fraction of sp³-hybridized carbons (Fsp3) is 0.714. The van der Waals surface area contributed by atoms with E-state index in [-0.39, 0.29) is 23.7 Å². The summed E-state index contributed by atoms with van der Waals surface area (Å²) in [7, 11) is -2.83. The Morgan fingerprint density at radius 2 is 2.09 bits per heavy atom. The van der Waals surface area contributed by atoms with Crippen LogP contribution in [0.2, 0.25) is 0 Å². The largest absolute Gasteiger partial charge is 0.348 e. The molecule has 0 aliphatic carbocycles. The smallest absolute Gasteiger partial charge is 0.271 e. The molecular formula is C14H22N4O3S. The summed E-state index contributed by atoms with van der Waals surface area (Å²) in [6.45, 7) is 3.54. The van der Waals surface area contributed by atoms with Crippen LogP contribution < -0.4 is 5.32 Å². The van der Waals surface area contributed by atoms with Gasteiger partial charge in [0, 0.05) is 30.9 Å². The van der Waals surface area contributed by atoms with Crippen LogP contribution in [-0.2, 0) is 9.84 Å². The van der Waals surface area contributed by atoms with Gasteiger partial charge in [-0.05, 0) is 32.3 Å². The molecule has 122 valence electrons. The fourth-order valence-corrected chi connectivity index (χ4v) is 5.03. The highest BCUT2D eigenvalue weighted by Crippen LogP contribution is 2.22. The molecule has 0 radical (unpaired) electrons. The number of hydrogen-bond acceptors (Lipinski definition) is 5. The summed E-state index contributed by atoms with van der Waals surface area (Å²) < 4.78 is 23.1. The van der Waals surface area contributed by atoms with Crippen molar-refractivity contribution in [3.8, 4) is 0 Å². The molecule has 7 nitrogen and oxygen atoms in total. The van der Waals surface area contributed by atoms with Crippen molar-refractivity contribution in [1.29, 1.82) is 0 Å². The Kier molecular flexibility index (Phi) is 4.22. The predicted molar refractivity (Wildman–Crippen MR) is 82.4 cm³/mol. The number of aromatic amines is 1. The molecule has 1 unspecified atom stereocenters. The van der Waals surface area contributed by atoms with Gasteiger partial charge in [-0.1, -0.05) is 0 Å². The third kappa shape index (κ3) is 3.49. The molecule has 2 saturated heterocycles. The molecule has 1 amide bonds. The number of hydrogen-bond donors (Lipinski definition) is 2. The Balaban J connectivity index is 1.49. The third-order valence-electron chi connectivity index (χ3n) is 4.53. The molecule has 2 aliphatic rings. The van der Waals surface area contributed by atoms with Gasteiger partial charge in [0.15, 0.2) is 9.84 Å². The van der Waals surface area contributed by atoms with Gasteiger partial charge in [-0.15, -0.1) is 0 Å². The summed E-state index contributed by atoms with van der Waals surface area (Å²) >= 11 is 0. The molecule has 0 saturated carbocycles. The number of aryl methyl sites for hydroxylation is 1. The van der Waals surface area contributed by atoms with Gasteiger partial charge in [0.2, 0.25) is 0 Å². The van der Waals surface area contributed by atoms with Crippen LogP contribution in [-0.4, -0.2) is 66.1 Å². The first-order chi connectivity index (χ1) is 10.4. The van der Waals surface area contributed by atoms with Gasteiger partial charge >= 0.3 is 0 Å². The molecule has 0 aromatic carbocycles. The van der Waals surface area contributed by atoms with Crippen LogP contribution >= 0.6 is 0 Å². The molecule has 0 spiro atoms. The highest BCUT2D eigenvalue weighted by molar-refractivity contribution is 7.91. The number of likely N-dealkylation sites (tertiary alicyclic amines) is 1. The Morgan fingerprint density at radius 1 is 1.36 bits per heavy atom.